The number of hydrogen-bond acceptors (Lipinski definition) is 10. The molecule has 0 radical (unpaired) electrons. The van der Waals surface area contributed by atoms with Crippen LogP contribution in [0.15, 0.2) is 0 Å². The molecule has 29 heavy (non-hydrogen) atoms. The summed E-state index contributed by atoms with van der Waals surface area (Å²) >= 11 is 0. The predicted octanol–water partition coefficient (Wildman–Crippen LogP) is -0.437. The van der Waals surface area contributed by atoms with E-state index < -0.39 is 73.8 Å². The van der Waals surface area contributed by atoms with E-state index in [9.17, 15) is 0 Å². The van der Waals surface area contributed by atoms with Crippen LogP contribution in [0.4, 0.5) is 0 Å². The molecule has 0 spiro atoms. The zero-order valence-electron chi connectivity index (χ0n) is 19.8. The van der Waals surface area contributed by atoms with Gasteiger partial charge in [-0.1, -0.05) is 0 Å². The highest BCUT2D eigenvalue weighted by Crippen LogP contribution is 2.25. The van der Waals surface area contributed by atoms with Gasteiger partial charge in [-0.3, -0.25) is 0 Å². The largest absolute Gasteiger partial charge is 0.642 e. The van der Waals surface area contributed by atoms with Gasteiger partial charge in [0, 0.05) is 21.3 Å². The molecule has 0 saturated heterocycles. The summed E-state index contributed by atoms with van der Waals surface area (Å²) in [5, 5.41) is 0. The molecule has 18 heteroatoms. The van der Waals surface area contributed by atoms with Gasteiger partial charge in [-0.25, -0.2) is 0 Å². The molecule has 0 atom stereocenters. The van der Waals surface area contributed by atoms with Crippen LogP contribution >= 0.6 is 0 Å². The highest BCUT2D eigenvalue weighted by molar-refractivity contribution is 6.88. The second-order valence-corrected chi connectivity index (χ2v) is 28.6. The molecular weight excluding hydrogens is 517 g/mol. The average Bonchev–Trinajstić information content (AvgIpc) is 2.52. The molecule has 0 saturated carbocycles. The first-order valence-corrected chi connectivity index (χ1v) is 25.7. The summed E-state index contributed by atoms with van der Waals surface area (Å²) in [7, 11) is -11.5. The molecular formula is C11H40O10Si8. The smallest absolute Gasteiger partial charge is 0.440 e. The lowest BCUT2D eigenvalue weighted by Gasteiger charge is -2.41. The Labute approximate surface area is 189 Å². The third-order valence-corrected chi connectivity index (χ3v) is 24.3. The maximum atomic E-state index is 6.46. The van der Waals surface area contributed by atoms with Gasteiger partial charge < -0.3 is 42.1 Å². The fourth-order valence-corrected chi connectivity index (χ4v) is 29.5. The average molecular weight is 557 g/mol. The second-order valence-electron chi connectivity index (χ2n) is 7.82. The molecule has 0 unspecified atom stereocenters. The molecule has 0 bridgehead atoms. The van der Waals surface area contributed by atoms with E-state index in [-0.39, 0.29) is 0 Å². The summed E-state index contributed by atoms with van der Waals surface area (Å²) in [6.07, 6.45) is 0. The lowest BCUT2D eigenvalue weighted by molar-refractivity contribution is 0.116. The van der Waals surface area contributed by atoms with Crippen molar-refractivity contribution in [3.05, 3.63) is 0 Å². The molecule has 0 aliphatic heterocycles. The second kappa shape index (κ2) is 13.8. The Morgan fingerprint density at radius 1 is 0.552 bits per heavy atom. The van der Waals surface area contributed by atoms with Crippen LogP contribution in [0.1, 0.15) is 0 Å². The third kappa shape index (κ3) is 14.2. The first-order valence-electron chi connectivity index (χ1n) is 9.39. The van der Waals surface area contributed by atoms with Gasteiger partial charge >= 0.3 is 34.7 Å². The quantitative estimate of drug-likeness (QED) is 0.220. The minimum Gasteiger partial charge on any atom is -0.440 e. The van der Waals surface area contributed by atoms with E-state index >= 15 is 0 Å². The van der Waals surface area contributed by atoms with Gasteiger partial charge in [-0.2, -0.15) is 0 Å². The van der Waals surface area contributed by atoms with Crippen LogP contribution in [0.5, 0.6) is 0 Å². The molecule has 0 rings (SSSR count). The van der Waals surface area contributed by atoms with Crippen molar-refractivity contribution in [1.82, 2.24) is 0 Å². The lowest BCUT2D eigenvalue weighted by Crippen LogP contribution is -2.62. The molecule has 10 nitrogen and oxygen atoms in total. The molecule has 0 heterocycles. The first-order chi connectivity index (χ1) is 13.2. The van der Waals surface area contributed by atoms with Crippen molar-refractivity contribution in [2.24, 2.45) is 0 Å². The van der Waals surface area contributed by atoms with Crippen molar-refractivity contribution in [2.45, 2.75) is 52.4 Å². The number of rotatable bonds is 17. The molecule has 0 aliphatic carbocycles. The zero-order chi connectivity index (χ0) is 22.8. The van der Waals surface area contributed by atoms with Crippen molar-refractivity contribution in [3.63, 3.8) is 0 Å². The molecule has 0 aromatic carbocycles. The monoisotopic (exact) mass is 556 g/mol. The highest BCUT2D eigenvalue weighted by atomic mass is 28.5. The molecule has 0 aromatic heterocycles. The van der Waals surface area contributed by atoms with E-state index in [2.05, 4.69) is 26.2 Å². The first kappa shape index (κ1) is 30.3. The van der Waals surface area contributed by atoms with E-state index in [1.807, 2.05) is 26.2 Å². The Balaban J connectivity index is 5.39. The summed E-state index contributed by atoms with van der Waals surface area (Å²) in [5.41, 5.74) is 0. The Hall–Kier alpha value is 1.34. The van der Waals surface area contributed by atoms with E-state index in [4.69, 9.17) is 42.1 Å². The summed E-state index contributed by atoms with van der Waals surface area (Å²) in [6, 6.07) is 0. The molecule has 0 fully saturated rings. The fourth-order valence-electron chi connectivity index (χ4n) is 2.72. The van der Waals surface area contributed by atoms with Gasteiger partial charge in [0.1, 0.15) is 0 Å². The molecule has 0 N–H and O–H groups in total. The maximum absolute atomic E-state index is 6.46. The number of hydrogen-bond donors (Lipinski definition) is 0. The van der Waals surface area contributed by atoms with Gasteiger partial charge in [0.25, 0.3) is 30.0 Å². The third-order valence-electron chi connectivity index (χ3n) is 2.93. The van der Waals surface area contributed by atoms with E-state index in [1.54, 1.807) is 21.3 Å². The lowest BCUT2D eigenvalue weighted by atomic mass is 11.8. The Kier molecular flexibility index (Phi) is 14.4. The summed E-state index contributed by atoms with van der Waals surface area (Å²) < 4.78 is 58.6. The minimum atomic E-state index is -3.48. The zero-order valence-corrected chi connectivity index (χ0v) is 29.2. The van der Waals surface area contributed by atoms with E-state index in [0.29, 0.717) is 0 Å². The van der Waals surface area contributed by atoms with Crippen LogP contribution in [0.2, 0.25) is 52.4 Å². The fraction of sp³-hybridized carbons (Fsp3) is 1.00. The molecule has 0 amide bonds. The minimum absolute atomic E-state index is 1.21. The Morgan fingerprint density at radius 3 is 1.24 bits per heavy atom. The van der Waals surface area contributed by atoms with Gasteiger partial charge in [0.15, 0.2) is 9.04 Å². The normalized spacial score (nSPS) is 17.0. The summed E-state index contributed by atoms with van der Waals surface area (Å²) in [5.74, 6) is 0. The van der Waals surface area contributed by atoms with Crippen molar-refractivity contribution >= 4 is 73.8 Å². The standard InChI is InChI=1S/C11H40O10Si8/c1-12-22-15-29(16-23-13-2,17-24-14-3)21-28(10,11)20-27(8,9)19-26(6,7)18-25(4)5/h25H,22-24H2,1-11H3. The SMILES string of the molecule is CO[SiH2]O[Si](O[SiH2]OC)(O[SiH2]OC)O[Si](C)(C)O[Si](C)(C)O[Si](C)(C)O[SiH](C)C. The molecule has 0 aliphatic rings. The topological polar surface area (TPSA) is 92.3 Å². The van der Waals surface area contributed by atoms with Crippen molar-refractivity contribution in [3.8, 4) is 0 Å². The summed E-state index contributed by atoms with van der Waals surface area (Å²) in [6.45, 7) is 16.3. The van der Waals surface area contributed by atoms with Crippen molar-refractivity contribution in [1.29, 1.82) is 0 Å². The van der Waals surface area contributed by atoms with Crippen LogP contribution in [0, 0.1) is 0 Å². The van der Waals surface area contributed by atoms with Gasteiger partial charge in [0.2, 0.25) is 0 Å². The van der Waals surface area contributed by atoms with Crippen molar-refractivity contribution < 1.29 is 42.1 Å². The van der Waals surface area contributed by atoms with Crippen LogP contribution in [-0.4, -0.2) is 95.1 Å². The van der Waals surface area contributed by atoms with Gasteiger partial charge in [-0.05, 0) is 52.4 Å². The maximum Gasteiger partial charge on any atom is 0.642 e. The molecule has 0 aromatic rings. The highest BCUT2D eigenvalue weighted by Gasteiger charge is 2.52. The Morgan fingerprint density at radius 2 is 0.897 bits per heavy atom. The van der Waals surface area contributed by atoms with Crippen LogP contribution in [0.25, 0.3) is 0 Å². The van der Waals surface area contributed by atoms with Crippen LogP contribution in [-0.2, 0) is 42.1 Å². The van der Waals surface area contributed by atoms with E-state index in [1.165, 1.54) is 0 Å². The molecule has 176 valence electrons. The van der Waals surface area contributed by atoms with Crippen LogP contribution < -0.4 is 0 Å². The Bertz CT molecular complexity index is 434. The van der Waals surface area contributed by atoms with Gasteiger partial charge in [-0.15, -0.1) is 0 Å². The predicted molar refractivity (Wildman–Crippen MR) is 131 cm³/mol. The summed E-state index contributed by atoms with van der Waals surface area (Å²) in [4.78, 5) is 0. The van der Waals surface area contributed by atoms with E-state index in [0.717, 1.165) is 0 Å². The van der Waals surface area contributed by atoms with Gasteiger partial charge in [0.05, 0.1) is 0 Å². The van der Waals surface area contributed by atoms with Crippen molar-refractivity contribution in [2.75, 3.05) is 21.3 Å². The van der Waals surface area contributed by atoms with Crippen LogP contribution in [0.3, 0.4) is 0 Å².